The van der Waals surface area contributed by atoms with Crippen LogP contribution in [0, 0.1) is 0 Å². The number of para-hydroxylation sites is 2. The van der Waals surface area contributed by atoms with Crippen molar-refractivity contribution in [2.75, 3.05) is 50.8 Å². The van der Waals surface area contributed by atoms with Crippen molar-refractivity contribution in [2.24, 2.45) is 0 Å². The van der Waals surface area contributed by atoms with Crippen LogP contribution in [0.15, 0.2) is 84.0 Å². The lowest BCUT2D eigenvalue weighted by Gasteiger charge is -2.36. The van der Waals surface area contributed by atoms with Gasteiger partial charge in [-0.25, -0.2) is 17.4 Å². The van der Waals surface area contributed by atoms with E-state index in [9.17, 15) is 13.5 Å². The second kappa shape index (κ2) is 12.8. The highest BCUT2D eigenvalue weighted by molar-refractivity contribution is 7.90. The number of nitrogens with one attached hydrogen (secondary N) is 1. The summed E-state index contributed by atoms with van der Waals surface area (Å²) in [5.41, 5.74) is 1.95. The zero-order valence-electron chi connectivity index (χ0n) is 22.8. The molecule has 1 fully saturated rings. The number of ether oxygens (including phenoxy) is 1. The number of nitrogens with zero attached hydrogens (tertiary/aromatic N) is 4. The molecular weight excluding hydrogens is 526 g/mol. The third-order valence-corrected chi connectivity index (χ3v) is 8.94. The van der Waals surface area contributed by atoms with Gasteiger partial charge in [0.05, 0.1) is 17.2 Å². The molecule has 4 aromatic rings. The van der Waals surface area contributed by atoms with Crippen LogP contribution in [0.4, 0.5) is 5.69 Å². The normalized spacial score (nSPS) is 15.4. The first-order valence-electron chi connectivity index (χ1n) is 13.9. The Morgan fingerprint density at radius 3 is 2.50 bits per heavy atom. The van der Waals surface area contributed by atoms with Gasteiger partial charge in [0.15, 0.2) is 5.65 Å². The highest BCUT2D eigenvalue weighted by atomic mass is 32.2. The van der Waals surface area contributed by atoms with Crippen molar-refractivity contribution < 1.29 is 18.3 Å². The first kappa shape index (κ1) is 28.1. The summed E-state index contributed by atoms with van der Waals surface area (Å²) in [6, 6.07) is 20.0. The van der Waals surface area contributed by atoms with E-state index in [1.54, 1.807) is 48.7 Å². The minimum absolute atomic E-state index is 0.172. The Balaban J connectivity index is 1.12. The summed E-state index contributed by atoms with van der Waals surface area (Å²) in [4.78, 5) is 9.34. The molecule has 2 N–H and O–H groups in total. The summed E-state index contributed by atoms with van der Waals surface area (Å²) in [5.74, 6) is 0.944. The molecule has 2 aromatic heterocycles. The molecule has 1 saturated heterocycles. The van der Waals surface area contributed by atoms with Crippen LogP contribution in [0.25, 0.3) is 11.0 Å². The molecule has 0 aliphatic carbocycles. The number of piperazine rings is 1. The topological polar surface area (TPSA) is 99.9 Å². The molecule has 0 saturated carbocycles. The molecule has 3 heterocycles. The number of hydrogen-bond acceptors (Lipinski definition) is 8. The number of aromatic nitrogens is 2. The van der Waals surface area contributed by atoms with Gasteiger partial charge >= 0.3 is 0 Å². The van der Waals surface area contributed by atoms with Crippen molar-refractivity contribution in [3.63, 3.8) is 0 Å². The lowest BCUT2D eigenvalue weighted by atomic mass is 10.2. The van der Waals surface area contributed by atoms with Gasteiger partial charge in [0.25, 0.3) is 10.0 Å². The van der Waals surface area contributed by atoms with E-state index in [1.165, 1.54) is 6.20 Å². The molecule has 40 heavy (non-hydrogen) atoms. The van der Waals surface area contributed by atoms with Crippen LogP contribution < -0.4 is 15.0 Å². The molecule has 0 radical (unpaired) electrons. The summed E-state index contributed by atoms with van der Waals surface area (Å²) in [6.45, 7) is 8.20. The molecule has 0 spiro atoms. The minimum Gasteiger partial charge on any atom is -0.492 e. The molecule has 1 unspecified atom stereocenters. The molecule has 2 aromatic carbocycles. The lowest BCUT2D eigenvalue weighted by Crippen LogP contribution is -2.46. The first-order chi connectivity index (χ1) is 19.5. The smallest absolute Gasteiger partial charge is 0.269 e. The third-order valence-electron chi connectivity index (χ3n) is 7.27. The van der Waals surface area contributed by atoms with Crippen LogP contribution in [0.5, 0.6) is 5.75 Å². The summed E-state index contributed by atoms with van der Waals surface area (Å²) in [5, 5.41) is 14.7. The average Bonchev–Trinajstić information content (AvgIpc) is 3.39. The molecule has 9 nitrogen and oxygen atoms in total. The molecule has 1 atom stereocenters. The number of aliphatic hydroxyl groups is 1. The van der Waals surface area contributed by atoms with Gasteiger partial charge < -0.3 is 14.7 Å². The van der Waals surface area contributed by atoms with E-state index in [4.69, 9.17) is 4.74 Å². The molecule has 0 bridgehead atoms. The van der Waals surface area contributed by atoms with E-state index >= 15 is 0 Å². The van der Waals surface area contributed by atoms with Gasteiger partial charge in [0.2, 0.25) is 0 Å². The second-order valence-corrected chi connectivity index (χ2v) is 11.7. The summed E-state index contributed by atoms with van der Waals surface area (Å²) in [7, 11) is -3.85. The predicted octanol–water partition coefficient (Wildman–Crippen LogP) is 3.85. The van der Waals surface area contributed by atoms with Crippen LogP contribution in [0.3, 0.4) is 0 Å². The Kier molecular flexibility index (Phi) is 9.01. The summed E-state index contributed by atoms with van der Waals surface area (Å²) < 4.78 is 33.5. The largest absolute Gasteiger partial charge is 0.492 e. The molecule has 0 amide bonds. The van der Waals surface area contributed by atoms with E-state index in [1.807, 2.05) is 19.1 Å². The van der Waals surface area contributed by atoms with Crippen LogP contribution in [-0.4, -0.2) is 73.3 Å². The fourth-order valence-corrected chi connectivity index (χ4v) is 6.53. The Hall–Kier alpha value is -3.44. The summed E-state index contributed by atoms with van der Waals surface area (Å²) >= 11 is 0. The fourth-order valence-electron chi connectivity index (χ4n) is 5.18. The van der Waals surface area contributed by atoms with Crippen molar-refractivity contribution >= 4 is 26.7 Å². The Morgan fingerprint density at radius 1 is 0.975 bits per heavy atom. The molecule has 1 aliphatic rings. The number of hydrogen-bond donors (Lipinski definition) is 2. The number of anilines is 1. The van der Waals surface area contributed by atoms with Crippen molar-refractivity contribution in [3.8, 4) is 5.75 Å². The van der Waals surface area contributed by atoms with E-state index in [-0.39, 0.29) is 4.90 Å². The standard InChI is InChI=1S/C30H37N5O4S/c1-2-39-28-15-7-6-14-27(28)34-21-19-33(20-22-34)18-9-8-16-32-30(36)26-23-35(29-25(26)13-10-17-31-29)40(37,38)24-11-4-3-5-12-24/h3-7,10-15,17,23,30,32,36H,2,8-9,16,18-22H2,1H3. The zero-order chi connectivity index (χ0) is 28.0. The SMILES string of the molecule is CCOc1ccccc1N1CCN(CCCCNC(O)c2cn(S(=O)(=O)c3ccccc3)c3ncccc23)CC1. The first-order valence-corrected chi connectivity index (χ1v) is 15.3. The van der Waals surface area contributed by atoms with Crippen molar-refractivity contribution in [1.82, 2.24) is 19.2 Å². The maximum Gasteiger partial charge on any atom is 0.269 e. The number of unbranched alkanes of at least 4 members (excludes halogenated alkanes) is 1. The third kappa shape index (κ3) is 6.15. The molecule has 1 aliphatic heterocycles. The number of aliphatic hydroxyl groups excluding tert-OH is 1. The molecule has 212 valence electrons. The number of pyridine rings is 1. The van der Waals surface area contributed by atoms with E-state index in [0.29, 0.717) is 29.7 Å². The van der Waals surface area contributed by atoms with Gasteiger partial charge in [-0.1, -0.05) is 30.3 Å². The average molecular weight is 564 g/mol. The van der Waals surface area contributed by atoms with E-state index < -0.39 is 16.3 Å². The number of fused-ring (bicyclic) bond motifs is 1. The van der Waals surface area contributed by atoms with Gasteiger partial charge in [-0.2, -0.15) is 0 Å². The van der Waals surface area contributed by atoms with Gasteiger partial charge in [-0.3, -0.25) is 10.2 Å². The van der Waals surface area contributed by atoms with Gasteiger partial charge in [-0.15, -0.1) is 0 Å². The Labute approximate surface area is 236 Å². The van der Waals surface area contributed by atoms with Crippen LogP contribution in [-0.2, 0) is 10.0 Å². The highest BCUT2D eigenvalue weighted by Gasteiger charge is 2.24. The maximum absolute atomic E-state index is 13.3. The lowest BCUT2D eigenvalue weighted by molar-refractivity contribution is 0.139. The quantitative estimate of drug-likeness (QED) is 0.198. The van der Waals surface area contributed by atoms with Crippen molar-refractivity contribution in [2.45, 2.75) is 30.9 Å². The van der Waals surface area contributed by atoms with E-state index in [2.05, 4.69) is 32.2 Å². The Morgan fingerprint density at radius 2 is 1.73 bits per heavy atom. The van der Waals surface area contributed by atoms with Gasteiger partial charge in [0, 0.05) is 49.5 Å². The van der Waals surface area contributed by atoms with Gasteiger partial charge in [0.1, 0.15) is 12.0 Å². The number of rotatable bonds is 12. The molecule has 10 heteroatoms. The number of benzene rings is 2. The van der Waals surface area contributed by atoms with Crippen LogP contribution >= 0.6 is 0 Å². The van der Waals surface area contributed by atoms with E-state index in [0.717, 1.165) is 61.0 Å². The monoisotopic (exact) mass is 563 g/mol. The maximum atomic E-state index is 13.3. The second-order valence-electron chi connectivity index (χ2n) is 9.87. The van der Waals surface area contributed by atoms with Crippen LogP contribution in [0.1, 0.15) is 31.6 Å². The highest BCUT2D eigenvalue weighted by Crippen LogP contribution is 2.29. The minimum atomic E-state index is -3.85. The van der Waals surface area contributed by atoms with Gasteiger partial charge in [-0.05, 0) is 69.3 Å². The fraction of sp³-hybridized carbons (Fsp3) is 0.367. The van der Waals surface area contributed by atoms with Crippen molar-refractivity contribution in [1.29, 1.82) is 0 Å². The Bertz CT molecular complexity index is 1500. The van der Waals surface area contributed by atoms with Crippen molar-refractivity contribution in [3.05, 3.63) is 84.7 Å². The summed E-state index contributed by atoms with van der Waals surface area (Å²) in [6.07, 6.45) is 3.92. The zero-order valence-corrected chi connectivity index (χ0v) is 23.6. The van der Waals surface area contributed by atoms with Crippen LogP contribution in [0.2, 0.25) is 0 Å². The molecule has 5 rings (SSSR count). The predicted molar refractivity (Wildman–Crippen MR) is 157 cm³/mol. The molecular formula is C30H37N5O4S.